The van der Waals surface area contributed by atoms with Gasteiger partial charge in [-0.05, 0) is 52.7 Å². The van der Waals surface area contributed by atoms with Gasteiger partial charge < -0.3 is 0 Å². The first kappa shape index (κ1) is 11.4. The van der Waals surface area contributed by atoms with Crippen molar-refractivity contribution in [3.05, 3.63) is 58.4 Å². The summed E-state index contributed by atoms with van der Waals surface area (Å²) in [6.07, 6.45) is 1.67. The van der Waals surface area contributed by atoms with Crippen LogP contribution in [0.4, 0.5) is 4.39 Å². The molecular formula is C14H10BrFN2. The van der Waals surface area contributed by atoms with E-state index in [0.717, 1.165) is 22.2 Å². The van der Waals surface area contributed by atoms with Crippen LogP contribution in [0.2, 0.25) is 0 Å². The molecule has 0 saturated heterocycles. The minimum atomic E-state index is -0.272. The first-order valence-electron chi connectivity index (χ1n) is 5.55. The summed E-state index contributed by atoms with van der Waals surface area (Å²) in [6.45, 7) is 2.03. The van der Waals surface area contributed by atoms with E-state index < -0.39 is 0 Å². The lowest BCUT2D eigenvalue weighted by atomic mass is 10.2. The van der Waals surface area contributed by atoms with Crippen LogP contribution in [-0.4, -0.2) is 9.78 Å². The van der Waals surface area contributed by atoms with Crippen molar-refractivity contribution in [3.8, 4) is 5.69 Å². The van der Waals surface area contributed by atoms with E-state index in [9.17, 15) is 4.39 Å². The monoisotopic (exact) mass is 304 g/mol. The van der Waals surface area contributed by atoms with Gasteiger partial charge in [-0.3, -0.25) is 0 Å². The third-order valence-electron chi connectivity index (χ3n) is 2.86. The fraction of sp³-hybridized carbons (Fsp3) is 0.0714. The SMILES string of the molecule is Cc1cccc(-n2ncc3cc(F)c(Br)cc32)c1. The minimum Gasteiger partial charge on any atom is -0.233 e. The molecule has 18 heavy (non-hydrogen) atoms. The topological polar surface area (TPSA) is 17.8 Å². The smallest absolute Gasteiger partial charge is 0.138 e. The van der Waals surface area contributed by atoms with Crippen molar-refractivity contribution in [2.24, 2.45) is 0 Å². The average molecular weight is 305 g/mol. The zero-order valence-corrected chi connectivity index (χ0v) is 11.3. The van der Waals surface area contributed by atoms with Crippen LogP contribution in [0.3, 0.4) is 0 Å². The Balaban J connectivity index is 2.27. The molecule has 0 atom stereocenters. The maximum Gasteiger partial charge on any atom is 0.138 e. The molecule has 3 aromatic rings. The number of hydrogen-bond acceptors (Lipinski definition) is 1. The highest BCUT2D eigenvalue weighted by Crippen LogP contribution is 2.25. The van der Waals surface area contributed by atoms with Gasteiger partial charge in [-0.2, -0.15) is 5.10 Å². The van der Waals surface area contributed by atoms with E-state index in [-0.39, 0.29) is 5.82 Å². The number of benzene rings is 2. The quantitative estimate of drug-likeness (QED) is 0.657. The molecule has 0 N–H and O–H groups in total. The van der Waals surface area contributed by atoms with Crippen LogP contribution in [-0.2, 0) is 0 Å². The van der Waals surface area contributed by atoms with E-state index in [1.807, 2.05) is 35.9 Å². The molecule has 4 heteroatoms. The van der Waals surface area contributed by atoms with Crippen LogP contribution >= 0.6 is 15.9 Å². The summed E-state index contributed by atoms with van der Waals surface area (Å²) in [5.74, 6) is -0.272. The van der Waals surface area contributed by atoms with Gasteiger partial charge in [0.2, 0.25) is 0 Å². The Bertz CT molecular complexity index is 734. The number of aromatic nitrogens is 2. The lowest BCUT2D eigenvalue weighted by molar-refractivity contribution is 0.623. The minimum absolute atomic E-state index is 0.272. The molecule has 2 aromatic carbocycles. The summed E-state index contributed by atoms with van der Waals surface area (Å²) in [5, 5.41) is 5.11. The molecule has 0 aliphatic heterocycles. The van der Waals surface area contributed by atoms with Gasteiger partial charge in [0, 0.05) is 5.39 Å². The number of hydrogen-bond donors (Lipinski definition) is 0. The highest BCUT2D eigenvalue weighted by Gasteiger charge is 2.08. The Morgan fingerprint density at radius 3 is 2.83 bits per heavy atom. The third-order valence-corrected chi connectivity index (χ3v) is 3.46. The van der Waals surface area contributed by atoms with Gasteiger partial charge in [0.25, 0.3) is 0 Å². The molecule has 2 nitrogen and oxygen atoms in total. The van der Waals surface area contributed by atoms with Crippen molar-refractivity contribution >= 4 is 26.8 Å². The summed E-state index contributed by atoms with van der Waals surface area (Å²) in [5.41, 5.74) is 3.02. The first-order chi connectivity index (χ1) is 8.65. The van der Waals surface area contributed by atoms with E-state index in [2.05, 4.69) is 21.0 Å². The van der Waals surface area contributed by atoms with Crippen LogP contribution in [0.1, 0.15) is 5.56 Å². The fourth-order valence-electron chi connectivity index (χ4n) is 1.99. The van der Waals surface area contributed by atoms with E-state index in [1.54, 1.807) is 12.3 Å². The lowest BCUT2D eigenvalue weighted by Crippen LogP contribution is -1.96. The highest BCUT2D eigenvalue weighted by molar-refractivity contribution is 9.10. The van der Waals surface area contributed by atoms with Crippen molar-refractivity contribution in [3.63, 3.8) is 0 Å². The second-order valence-corrected chi connectivity index (χ2v) is 5.07. The second kappa shape index (κ2) is 4.21. The maximum atomic E-state index is 13.4. The Labute approximate surface area is 112 Å². The van der Waals surface area contributed by atoms with Crippen LogP contribution in [0.25, 0.3) is 16.6 Å². The Morgan fingerprint density at radius 1 is 1.22 bits per heavy atom. The molecule has 0 fully saturated rings. The number of nitrogens with zero attached hydrogens (tertiary/aromatic N) is 2. The average Bonchev–Trinajstić information content (AvgIpc) is 2.73. The molecule has 0 unspecified atom stereocenters. The molecule has 0 saturated carbocycles. The van der Waals surface area contributed by atoms with Gasteiger partial charge >= 0.3 is 0 Å². The van der Waals surface area contributed by atoms with Gasteiger partial charge in [0.05, 0.1) is 21.9 Å². The molecule has 0 bridgehead atoms. The van der Waals surface area contributed by atoms with Crippen LogP contribution < -0.4 is 0 Å². The predicted molar refractivity (Wildman–Crippen MR) is 73.5 cm³/mol. The highest BCUT2D eigenvalue weighted by atomic mass is 79.9. The summed E-state index contributed by atoms with van der Waals surface area (Å²) >= 11 is 3.21. The van der Waals surface area contributed by atoms with Gasteiger partial charge in [-0.1, -0.05) is 12.1 Å². The third kappa shape index (κ3) is 1.82. The van der Waals surface area contributed by atoms with E-state index >= 15 is 0 Å². The van der Waals surface area contributed by atoms with E-state index in [0.29, 0.717) is 4.47 Å². The fourth-order valence-corrected chi connectivity index (χ4v) is 2.32. The largest absolute Gasteiger partial charge is 0.233 e. The zero-order chi connectivity index (χ0) is 12.7. The summed E-state index contributed by atoms with van der Waals surface area (Å²) in [7, 11) is 0. The Morgan fingerprint density at radius 2 is 2.06 bits per heavy atom. The molecule has 0 aliphatic rings. The number of rotatable bonds is 1. The molecule has 0 spiro atoms. The van der Waals surface area contributed by atoms with E-state index in [4.69, 9.17) is 0 Å². The van der Waals surface area contributed by atoms with Gasteiger partial charge in [-0.15, -0.1) is 0 Å². The molecule has 3 rings (SSSR count). The normalized spacial score (nSPS) is 11.1. The van der Waals surface area contributed by atoms with Crippen molar-refractivity contribution in [1.82, 2.24) is 9.78 Å². The standard InChI is InChI=1S/C14H10BrFN2/c1-9-3-2-4-11(5-9)18-14-7-12(15)13(16)6-10(14)8-17-18/h2-8H,1H3. The van der Waals surface area contributed by atoms with Gasteiger partial charge in [0.1, 0.15) is 5.82 Å². The van der Waals surface area contributed by atoms with Gasteiger partial charge in [-0.25, -0.2) is 9.07 Å². The van der Waals surface area contributed by atoms with E-state index in [1.165, 1.54) is 6.07 Å². The summed E-state index contributed by atoms with van der Waals surface area (Å²) < 4.78 is 15.7. The molecular weight excluding hydrogens is 295 g/mol. The van der Waals surface area contributed by atoms with Crippen molar-refractivity contribution in [2.75, 3.05) is 0 Å². The zero-order valence-electron chi connectivity index (χ0n) is 9.69. The van der Waals surface area contributed by atoms with Crippen LogP contribution in [0.15, 0.2) is 47.1 Å². The summed E-state index contributed by atoms with van der Waals surface area (Å²) in [4.78, 5) is 0. The van der Waals surface area contributed by atoms with Crippen LogP contribution in [0, 0.1) is 12.7 Å². The predicted octanol–water partition coefficient (Wildman–Crippen LogP) is 4.24. The Kier molecular flexibility index (Phi) is 2.67. The van der Waals surface area contributed by atoms with Crippen molar-refractivity contribution < 1.29 is 4.39 Å². The molecule has 90 valence electrons. The first-order valence-corrected chi connectivity index (χ1v) is 6.34. The molecule has 1 heterocycles. The van der Waals surface area contributed by atoms with Crippen LogP contribution in [0.5, 0.6) is 0 Å². The number of fused-ring (bicyclic) bond motifs is 1. The molecule has 1 aromatic heterocycles. The Hall–Kier alpha value is -1.68. The summed E-state index contributed by atoms with van der Waals surface area (Å²) in [6, 6.07) is 11.3. The van der Waals surface area contributed by atoms with Crippen molar-refractivity contribution in [1.29, 1.82) is 0 Å². The molecule has 0 radical (unpaired) electrons. The number of halogens is 2. The second-order valence-electron chi connectivity index (χ2n) is 4.22. The number of aryl methyl sites for hydroxylation is 1. The van der Waals surface area contributed by atoms with Crippen molar-refractivity contribution in [2.45, 2.75) is 6.92 Å². The molecule has 0 aliphatic carbocycles. The lowest BCUT2D eigenvalue weighted by Gasteiger charge is -2.05. The van der Waals surface area contributed by atoms with Gasteiger partial charge in [0.15, 0.2) is 0 Å². The molecule has 0 amide bonds. The maximum absolute atomic E-state index is 13.4.